The van der Waals surface area contributed by atoms with Crippen molar-refractivity contribution in [3.63, 3.8) is 0 Å². The Morgan fingerprint density at radius 1 is 1.27 bits per heavy atom. The van der Waals surface area contributed by atoms with E-state index in [-0.39, 0.29) is 17.4 Å². The van der Waals surface area contributed by atoms with Crippen LogP contribution in [0.1, 0.15) is 24.0 Å². The van der Waals surface area contributed by atoms with E-state index in [2.05, 4.69) is 4.90 Å². The molecule has 2 aliphatic heterocycles. The Balaban J connectivity index is 1.80. The van der Waals surface area contributed by atoms with Gasteiger partial charge in [-0.2, -0.15) is 4.31 Å². The van der Waals surface area contributed by atoms with Gasteiger partial charge in [-0.25, -0.2) is 12.8 Å². The van der Waals surface area contributed by atoms with Gasteiger partial charge in [0.25, 0.3) is 0 Å². The maximum absolute atomic E-state index is 14.0. The first-order valence-electron chi connectivity index (χ1n) is 7.80. The van der Waals surface area contributed by atoms with E-state index >= 15 is 0 Å². The van der Waals surface area contributed by atoms with Crippen LogP contribution >= 0.6 is 0 Å². The average molecular weight is 326 g/mol. The Morgan fingerprint density at radius 2 is 2.00 bits per heavy atom. The van der Waals surface area contributed by atoms with Gasteiger partial charge in [-0.15, -0.1) is 0 Å². The van der Waals surface area contributed by atoms with Crippen LogP contribution in [0.15, 0.2) is 18.2 Å². The van der Waals surface area contributed by atoms with Crippen LogP contribution in [0.5, 0.6) is 0 Å². The molecule has 2 aliphatic rings. The minimum Gasteiger partial charge on any atom is -0.305 e. The van der Waals surface area contributed by atoms with E-state index in [0.717, 1.165) is 31.5 Å². The number of rotatable bonds is 3. The predicted molar refractivity (Wildman–Crippen MR) is 84.5 cm³/mol. The normalized spacial score (nSPS) is 27.0. The van der Waals surface area contributed by atoms with Gasteiger partial charge in [0, 0.05) is 24.7 Å². The molecule has 0 spiro atoms. The molecule has 0 aliphatic carbocycles. The van der Waals surface area contributed by atoms with Gasteiger partial charge in [0.05, 0.1) is 5.75 Å². The summed E-state index contributed by atoms with van der Waals surface area (Å²) in [5.74, 6) is -0.222. The summed E-state index contributed by atoms with van der Waals surface area (Å²) < 4.78 is 41.1. The lowest BCUT2D eigenvalue weighted by molar-refractivity contribution is 0.165. The molecule has 4 nitrogen and oxygen atoms in total. The van der Waals surface area contributed by atoms with Crippen molar-refractivity contribution in [2.75, 3.05) is 26.7 Å². The quantitative estimate of drug-likeness (QED) is 0.853. The molecule has 2 fully saturated rings. The SMILES string of the molecule is Cc1ccc(CS(=O)(=O)N2CC[C@@H]3CCN(C)C[C@@H]32)c(F)c1. The third kappa shape index (κ3) is 3.05. The molecule has 2 heterocycles. The fourth-order valence-corrected chi connectivity index (χ4v) is 5.48. The van der Waals surface area contributed by atoms with Gasteiger partial charge in [-0.05, 0) is 50.9 Å². The second-order valence-electron chi connectivity index (χ2n) is 6.63. The smallest absolute Gasteiger partial charge is 0.218 e. The Bertz CT molecular complexity index is 662. The van der Waals surface area contributed by atoms with Crippen LogP contribution in [-0.2, 0) is 15.8 Å². The summed E-state index contributed by atoms with van der Waals surface area (Å²) in [5.41, 5.74) is 1.06. The number of piperidine rings is 1. The number of hydrogen-bond acceptors (Lipinski definition) is 3. The Hall–Kier alpha value is -0.980. The van der Waals surface area contributed by atoms with E-state index in [9.17, 15) is 12.8 Å². The van der Waals surface area contributed by atoms with E-state index in [4.69, 9.17) is 0 Å². The van der Waals surface area contributed by atoms with E-state index in [1.54, 1.807) is 23.4 Å². The van der Waals surface area contributed by atoms with Gasteiger partial charge in [0.1, 0.15) is 5.82 Å². The van der Waals surface area contributed by atoms with Crippen molar-refractivity contribution < 1.29 is 12.8 Å². The maximum Gasteiger partial charge on any atom is 0.218 e. The van der Waals surface area contributed by atoms with E-state index in [1.807, 2.05) is 7.05 Å². The van der Waals surface area contributed by atoms with Gasteiger partial charge in [0.2, 0.25) is 10.0 Å². The van der Waals surface area contributed by atoms with Crippen LogP contribution in [0.25, 0.3) is 0 Å². The minimum absolute atomic E-state index is 0.0530. The van der Waals surface area contributed by atoms with Crippen LogP contribution in [0.4, 0.5) is 4.39 Å². The van der Waals surface area contributed by atoms with Crippen molar-refractivity contribution in [2.24, 2.45) is 5.92 Å². The molecule has 1 aromatic carbocycles. The van der Waals surface area contributed by atoms with Gasteiger partial charge < -0.3 is 4.90 Å². The fourth-order valence-electron chi connectivity index (χ4n) is 3.65. The Morgan fingerprint density at radius 3 is 2.73 bits per heavy atom. The first kappa shape index (κ1) is 15.9. The summed E-state index contributed by atoms with van der Waals surface area (Å²) in [5, 5.41) is 0. The van der Waals surface area contributed by atoms with Crippen LogP contribution in [0, 0.1) is 18.7 Å². The predicted octanol–water partition coefficient (Wildman–Crippen LogP) is 1.99. The minimum atomic E-state index is -3.48. The molecule has 3 rings (SSSR count). The lowest BCUT2D eigenvalue weighted by Gasteiger charge is -2.36. The van der Waals surface area contributed by atoms with Crippen molar-refractivity contribution in [2.45, 2.75) is 31.6 Å². The number of fused-ring (bicyclic) bond motifs is 1. The van der Waals surface area contributed by atoms with Gasteiger partial charge in [0.15, 0.2) is 0 Å². The van der Waals surface area contributed by atoms with Crippen molar-refractivity contribution in [3.05, 3.63) is 35.1 Å². The molecule has 0 saturated carbocycles. The van der Waals surface area contributed by atoms with Crippen molar-refractivity contribution >= 4 is 10.0 Å². The lowest BCUT2D eigenvalue weighted by atomic mass is 9.93. The van der Waals surface area contributed by atoms with E-state index < -0.39 is 15.8 Å². The monoisotopic (exact) mass is 326 g/mol. The van der Waals surface area contributed by atoms with E-state index in [0.29, 0.717) is 12.5 Å². The first-order valence-corrected chi connectivity index (χ1v) is 9.41. The summed E-state index contributed by atoms with van der Waals surface area (Å²) in [7, 11) is -1.45. The molecule has 0 unspecified atom stereocenters. The molecular formula is C16H23FN2O2S. The molecule has 122 valence electrons. The summed E-state index contributed by atoms with van der Waals surface area (Å²) in [6.45, 7) is 4.17. The summed E-state index contributed by atoms with van der Waals surface area (Å²) in [4.78, 5) is 2.18. The third-order valence-electron chi connectivity index (χ3n) is 4.92. The van der Waals surface area contributed by atoms with Crippen molar-refractivity contribution in [1.29, 1.82) is 0 Å². The van der Waals surface area contributed by atoms with Crippen LogP contribution in [0.2, 0.25) is 0 Å². The molecule has 1 aromatic rings. The number of benzene rings is 1. The second-order valence-corrected chi connectivity index (χ2v) is 8.55. The van der Waals surface area contributed by atoms with Crippen molar-refractivity contribution in [1.82, 2.24) is 9.21 Å². The highest BCUT2D eigenvalue weighted by Crippen LogP contribution is 2.34. The number of nitrogens with zero attached hydrogens (tertiary/aromatic N) is 2. The number of hydrogen-bond donors (Lipinski definition) is 0. The molecule has 0 bridgehead atoms. The highest BCUT2D eigenvalue weighted by molar-refractivity contribution is 7.88. The fraction of sp³-hybridized carbons (Fsp3) is 0.625. The number of halogens is 1. The standard InChI is InChI=1S/C16H23FN2O2S/c1-12-3-4-14(15(17)9-12)11-22(20,21)19-8-6-13-5-7-18(2)10-16(13)19/h3-4,9,13,16H,5-8,10-11H2,1-2H3/t13-,16-/m0/s1. The summed E-state index contributed by atoms with van der Waals surface area (Å²) >= 11 is 0. The molecular weight excluding hydrogens is 303 g/mol. The number of aryl methyl sites for hydroxylation is 1. The molecule has 0 aromatic heterocycles. The first-order chi connectivity index (χ1) is 10.4. The zero-order chi connectivity index (χ0) is 15.9. The third-order valence-corrected chi connectivity index (χ3v) is 6.76. The van der Waals surface area contributed by atoms with Crippen molar-refractivity contribution in [3.8, 4) is 0 Å². The molecule has 2 atom stereocenters. The molecule has 22 heavy (non-hydrogen) atoms. The molecule has 0 amide bonds. The Kier molecular flexibility index (Phi) is 4.27. The lowest BCUT2D eigenvalue weighted by Crippen LogP contribution is -2.48. The molecule has 2 saturated heterocycles. The zero-order valence-electron chi connectivity index (χ0n) is 13.1. The van der Waals surface area contributed by atoms with Gasteiger partial charge >= 0.3 is 0 Å². The van der Waals surface area contributed by atoms with Crippen LogP contribution in [0.3, 0.4) is 0 Å². The zero-order valence-corrected chi connectivity index (χ0v) is 13.9. The highest BCUT2D eigenvalue weighted by atomic mass is 32.2. The van der Waals surface area contributed by atoms with Gasteiger partial charge in [-0.1, -0.05) is 12.1 Å². The highest BCUT2D eigenvalue weighted by Gasteiger charge is 2.43. The van der Waals surface area contributed by atoms with Gasteiger partial charge in [-0.3, -0.25) is 0 Å². The topological polar surface area (TPSA) is 40.6 Å². The molecule has 0 radical (unpaired) electrons. The largest absolute Gasteiger partial charge is 0.305 e. The Labute approximate surface area is 132 Å². The second kappa shape index (κ2) is 5.91. The number of sulfonamides is 1. The van der Waals surface area contributed by atoms with Crippen LogP contribution < -0.4 is 0 Å². The summed E-state index contributed by atoms with van der Waals surface area (Å²) in [6.07, 6.45) is 1.97. The summed E-state index contributed by atoms with van der Waals surface area (Å²) in [6, 6.07) is 4.79. The number of likely N-dealkylation sites (N-methyl/N-ethyl adjacent to an activating group) is 1. The van der Waals surface area contributed by atoms with E-state index in [1.165, 1.54) is 6.07 Å². The molecule has 6 heteroatoms. The van der Waals surface area contributed by atoms with Crippen LogP contribution in [-0.4, -0.2) is 50.3 Å². The maximum atomic E-state index is 14.0. The molecule has 0 N–H and O–H groups in total. The average Bonchev–Trinajstić information content (AvgIpc) is 2.85. The number of likely N-dealkylation sites (tertiary alicyclic amines) is 1.